The van der Waals surface area contributed by atoms with Crippen molar-refractivity contribution in [2.24, 2.45) is 0 Å². The number of carbonyl (C=O) groups excluding carboxylic acids is 2. The highest BCUT2D eigenvalue weighted by Gasteiger charge is 2.23. The zero-order valence-electron chi connectivity index (χ0n) is 17.1. The highest BCUT2D eigenvalue weighted by Crippen LogP contribution is 2.35. The average Bonchev–Trinajstić information content (AvgIpc) is 3.43. The van der Waals surface area contributed by atoms with Crippen molar-refractivity contribution in [1.82, 2.24) is 10.2 Å². The molecule has 2 amide bonds. The summed E-state index contributed by atoms with van der Waals surface area (Å²) in [4.78, 5) is 26.8. The summed E-state index contributed by atoms with van der Waals surface area (Å²) in [6, 6.07) is 11.1. The van der Waals surface area contributed by atoms with Crippen LogP contribution in [0.5, 0.6) is 11.5 Å². The number of aromatic nitrogens is 2. The second-order valence-electron chi connectivity index (χ2n) is 7.62. The number of aryl methyl sites for hydroxylation is 1. The Morgan fingerprint density at radius 3 is 2.74 bits per heavy atom. The smallest absolute Gasteiger partial charge is 0.259 e. The van der Waals surface area contributed by atoms with E-state index in [0.717, 1.165) is 29.8 Å². The lowest BCUT2D eigenvalue weighted by molar-refractivity contribution is -0.117. The van der Waals surface area contributed by atoms with Gasteiger partial charge in [0.1, 0.15) is 13.2 Å². The van der Waals surface area contributed by atoms with Crippen molar-refractivity contribution in [3.05, 3.63) is 53.7 Å². The van der Waals surface area contributed by atoms with Gasteiger partial charge in [0.15, 0.2) is 11.5 Å². The normalized spacial score (nSPS) is 15.3. The van der Waals surface area contributed by atoms with Gasteiger partial charge in [-0.25, -0.2) is 0 Å². The Labute approximate surface area is 179 Å². The number of ether oxygens (including phenoxy) is 2. The highest BCUT2D eigenvalue weighted by molar-refractivity contribution is 6.08. The number of nitrogens with one attached hydrogen (secondary N) is 2. The quantitative estimate of drug-likeness (QED) is 0.676. The lowest BCUT2D eigenvalue weighted by Crippen LogP contribution is -2.24. The van der Waals surface area contributed by atoms with E-state index in [-0.39, 0.29) is 11.8 Å². The fourth-order valence-corrected chi connectivity index (χ4v) is 4.01. The van der Waals surface area contributed by atoms with Gasteiger partial charge in [-0.05, 0) is 55.3 Å². The lowest BCUT2D eigenvalue weighted by Gasteiger charge is -2.19. The molecule has 0 atom stereocenters. The Kier molecular flexibility index (Phi) is 4.82. The first kappa shape index (κ1) is 19.2. The molecule has 0 radical (unpaired) electrons. The van der Waals surface area contributed by atoms with Crippen LogP contribution in [0.4, 0.5) is 11.4 Å². The molecular weight excluding hydrogens is 396 g/mol. The molecule has 1 fully saturated rings. The Bertz CT molecular complexity index is 1170. The Morgan fingerprint density at radius 1 is 1.13 bits per heavy atom. The minimum absolute atomic E-state index is 0.141. The van der Waals surface area contributed by atoms with Gasteiger partial charge in [0.05, 0.1) is 17.5 Å². The number of benzene rings is 2. The van der Waals surface area contributed by atoms with Crippen LogP contribution in [0.1, 0.15) is 28.8 Å². The van der Waals surface area contributed by atoms with Crippen molar-refractivity contribution in [2.75, 3.05) is 30.0 Å². The molecule has 3 heterocycles. The summed E-state index contributed by atoms with van der Waals surface area (Å²) in [5.74, 6) is 1.20. The van der Waals surface area contributed by atoms with E-state index in [1.807, 2.05) is 43.3 Å². The van der Waals surface area contributed by atoms with E-state index in [1.165, 1.54) is 6.20 Å². The van der Waals surface area contributed by atoms with Gasteiger partial charge >= 0.3 is 0 Å². The van der Waals surface area contributed by atoms with E-state index in [9.17, 15) is 9.59 Å². The van der Waals surface area contributed by atoms with E-state index in [4.69, 9.17) is 9.47 Å². The van der Waals surface area contributed by atoms with Crippen molar-refractivity contribution in [2.45, 2.75) is 19.8 Å². The fourth-order valence-electron chi connectivity index (χ4n) is 4.01. The SMILES string of the molecule is Cc1cc(NC(=O)c2cn[nH]c2-c2ccc3c(c2)OCCO3)ccc1N1CCCC1=O. The van der Waals surface area contributed by atoms with Crippen LogP contribution >= 0.6 is 0 Å². The molecule has 0 aliphatic carbocycles. The summed E-state index contributed by atoms with van der Waals surface area (Å²) in [7, 11) is 0. The number of aromatic amines is 1. The molecule has 2 aliphatic rings. The van der Waals surface area contributed by atoms with E-state index in [2.05, 4.69) is 15.5 Å². The summed E-state index contributed by atoms with van der Waals surface area (Å²) in [6.45, 7) is 3.69. The third kappa shape index (κ3) is 3.61. The molecule has 3 aromatic rings. The van der Waals surface area contributed by atoms with Gasteiger partial charge in [0, 0.05) is 29.9 Å². The topological polar surface area (TPSA) is 96.6 Å². The zero-order valence-corrected chi connectivity index (χ0v) is 17.1. The molecule has 31 heavy (non-hydrogen) atoms. The van der Waals surface area contributed by atoms with E-state index in [1.54, 1.807) is 4.90 Å². The van der Waals surface area contributed by atoms with Gasteiger partial charge < -0.3 is 19.7 Å². The van der Waals surface area contributed by atoms with Gasteiger partial charge in [-0.3, -0.25) is 14.7 Å². The second-order valence-corrected chi connectivity index (χ2v) is 7.62. The molecule has 8 heteroatoms. The molecule has 0 spiro atoms. The summed E-state index contributed by atoms with van der Waals surface area (Å²) in [5, 5.41) is 9.90. The van der Waals surface area contributed by atoms with E-state index < -0.39 is 0 Å². The summed E-state index contributed by atoms with van der Waals surface area (Å²) < 4.78 is 11.2. The number of amides is 2. The highest BCUT2D eigenvalue weighted by atomic mass is 16.6. The lowest BCUT2D eigenvalue weighted by atomic mass is 10.1. The number of hydrogen-bond acceptors (Lipinski definition) is 5. The van der Waals surface area contributed by atoms with Crippen LogP contribution in [-0.2, 0) is 4.79 Å². The second kappa shape index (κ2) is 7.79. The van der Waals surface area contributed by atoms with Crippen LogP contribution in [0.3, 0.4) is 0 Å². The van der Waals surface area contributed by atoms with Gasteiger partial charge in [0.25, 0.3) is 5.91 Å². The number of nitrogens with zero attached hydrogens (tertiary/aromatic N) is 2. The van der Waals surface area contributed by atoms with Crippen molar-refractivity contribution in [3.8, 4) is 22.8 Å². The van der Waals surface area contributed by atoms with E-state index in [0.29, 0.717) is 48.1 Å². The minimum Gasteiger partial charge on any atom is -0.486 e. The van der Waals surface area contributed by atoms with Gasteiger partial charge in [-0.1, -0.05) is 0 Å². The molecule has 8 nitrogen and oxygen atoms in total. The molecule has 1 aromatic heterocycles. The van der Waals surface area contributed by atoms with Crippen LogP contribution in [0.15, 0.2) is 42.6 Å². The number of H-pyrrole nitrogens is 1. The van der Waals surface area contributed by atoms with Crippen LogP contribution in [-0.4, -0.2) is 41.8 Å². The van der Waals surface area contributed by atoms with Crippen molar-refractivity contribution in [3.63, 3.8) is 0 Å². The Morgan fingerprint density at radius 2 is 1.97 bits per heavy atom. The first-order valence-corrected chi connectivity index (χ1v) is 10.3. The first-order valence-electron chi connectivity index (χ1n) is 10.3. The fraction of sp³-hybridized carbons (Fsp3) is 0.261. The van der Waals surface area contributed by atoms with Crippen molar-refractivity contribution in [1.29, 1.82) is 0 Å². The van der Waals surface area contributed by atoms with Crippen molar-refractivity contribution >= 4 is 23.2 Å². The number of rotatable bonds is 4. The third-order valence-electron chi connectivity index (χ3n) is 5.53. The van der Waals surface area contributed by atoms with Crippen LogP contribution < -0.4 is 19.7 Å². The maximum atomic E-state index is 13.0. The Balaban J connectivity index is 1.37. The predicted octanol–water partition coefficient (Wildman–Crippen LogP) is 3.54. The maximum Gasteiger partial charge on any atom is 0.259 e. The molecule has 5 rings (SSSR count). The van der Waals surface area contributed by atoms with Gasteiger partial charge in [-0.15, -0.1) is 0 Å². The van der Waals surface area contributed by atoms with Crippen LogP contribution in [0.25, 0.3) is 11.3 Å². The average molecular weight is 418 g/mol. The molecule has 0 unspecified atom stereocenters. The van der Waals surface area contributed by atoms with Crippen molar-refractivity contribution < 1.29 is 19.1 Å². The zero-order chi connectivity index (χ0) is 21.4. The summed E-state index contributed by atoms with van der Waals surface area (Å²) >= 11 is 0. The standard InChI is InChI=1S/C23H22N4O4/c1-14-11-16(5-6-18(14)27-8-2-3-21(27)28)25-23(29)17-13-24-26-22(17)15-4-7-19-20(12-15)31-10-9-30-19/h4-7,11-13H,2-3,8-10H2,1H3,(H,24,26)(H,25,29). The first-order chi connectivity index (χ1) is 15.1. The predicted molar refractivity (Wildman–Crippen MR) is 116 cm³/mol. The molecule has 2 aromatic carbocycles. The summed E-state index contributed by atoms with van der Waals surface area (Å²) in [6.07, 6.45) is 2.96. The number of anilines is 2. The molecule has 158 valence electrons. The maximum absolute atomic E-state index is 13.0. The number of hydrogen-bond donors (Lipinski definition) is 2. The van der Waals surface area contributed by atoms with Gasteiger partial charge in [-0.2, -0.15) is 5.10 Å². The third-order valence-corrected chi connectivity index (χ3v) is 5.53. The number of fused-ring (bicyclic) bond motifs is 1. The molecular formula is C23H22N4O4. The molecule has 1 saturated heterocycles. The largest absolute Gasteiger partial charge is 0.486 e. The molecule has 0 bridgehead atoms. The Hall–Kier alpha value is -3.81. The number of carbonyl (C=O) groups is 2. The van der Waals surface area contributed by atoms with E-state index >= 15 is 0 Å². The van der Waals surface area contributed by atoms with Crippen LogP contribution in [0.2, 0.25) is 0 Å². The van der Waals surface area contributed by atoms with Crippen LogP contribution in [0, 0.1) is 6.92 Å². The monoisotopic (exact) mass is 418 g/mol. The molecule has 2 aliphatic heterocycles. The minimum atomic E-state index is -0.275. The van der Waals surface area contributed by atoms with Gasteiger partial charge in [0.2, 0.25) is 5.91 Å². The summed E-state index contributed by atoms with van der Waals surface area (Å²) in [5.41, 5.74) is 4.30. The molecule has 0 saturated carbocycles. The molecule has 2 N–H and O–H groups in total.